The van der Waals surface area contributed by atoms with Gasteiger partial charge in [0.2, 0.25) is 5.60 Å². The van der Waals surface area contributed by atoms with E-state index in [4.69, 9.17) is 0 Å². The maximum atomic E-state index is 13.4. The van der Waals surface area contributed by atoms with Gasteiger partial charge in [-0.3, -0.25) is 9.59 Å². The van der Waals surface area contributed by atoms with Crippen molar-refractivity contribution < 1.29 is 32.3 Å². The molecular weight excluding hydrogens is 356 g/mol. The van der Waals surface area contributed by atoms with E-state index in [0.29, 0.717) is 0 Å². The van der Waals surface area contributed by atoms with E-state index >= 15 is 0 Å². The zero-order valence-electron chi connectivity index (χ0n) is 13.2. The number of aliphatic hydroxyl groups is 1. The van der Waals surface area contributed by atoms with Gasteiger partial charge in [-0.25, -0.2) is 4.39 Å². The van der Waals surface area contributed by atoms with Crippen LogP contribution < -0.4 is 10.6 Å². The molecule has 0 aliphatic heterocycles. The smallest absolute Gasteiger partial charge is 0.375 e. The fourth-order valence-corrected chi connectivity index (χ4v) is 2.11. The van der Waals surface area contributed by atoms with Crippen molar-refractivity contribution in [1.82, 2.24) is 5.32 Å². The zero-order chi connectivity index (χ0) is 19.4. The number of carbonyl (C=O) groups is 2. The van der Waals surface area contributed by atoms with E-state index < -0.39 is 41.5 Å². The first kappa shape index (κ1) is 19.4. The Bertz CT molecular complexity index is 796. The van der Waals surface area contributed by atoms with Crippen LogP contribution in [0.1, 0.15) is 5.56 Å². The molecule has 5 nitrogen and oxygen atoms in total. The van der Waals surface area contributed by atoms with Crippen molar-refractivity contribution in [3.05, 3.63) is 66.0 Å². The summed E-state index contributed by atoms with van der Waals surface area (Å²) in [6.45, 7) is -1.29. The Morgan fingerprint density at radius 3 is 2.08 bits per heavy atom. The first-order valence-corrected chi connectivity index (χ1v) is 7.33. The van der Waals surface area contributed by atoms with Gasteiger partial charge in [-0.1, -0.05) is 42.5 Å². The fraction of sp³-hybridized carbons (Fsp3) is 0.176. The first-order chi connectivity index (χ1) is 12.1. The van der Waals surface area contributed by atoms with Crippen LogP contribution in [0.15, 0.2) is 54.6 Å². The lowest BCUT2D eigenvalue weighted by Gasteiger charge is -2.31. The van der Waals surface area contributed by atoms with Crippen molar-refractivity contribution in [1.29, 1.82) is 0 Å². The Kier molecular flexibility index (Phi) is 5.61. The molecule has 0 saturated heterocycles. The molecular formula is C17H14F4N2O3. The van der Waals surface area contributed by atoms with Crippen molar-refractivity contribution in [3.8, 4) is 0 Å². The topological polar surface area (TPSA) is 78.4 Å². The normalized spacial score (nSPS) is 13.6. The number of carbonyl (C=O) groups excluding carboxylic acids is 2. The van der Waals surface area contributed by atoms with E-state index in [1.54, 1.807) is 5.32 Å². The van der Waals surface area contributed by atoms with Crippen molar-refractivity contribution in [2.24, 2.45) is 0 Å². The number of nitrogens with one attached hydrogen (secondary N) is 2. The third-order valence-corrected chi connectivity index (χ3v) is 3.55. The molecule has 0 heterocycles. The third-order valence-electron chi connectivity index (χ3n) is 3.55. The summed E-state index contributed by atoms with van der Waals surface area (Å²) in [5, 5.41) is 13.7. The first-order valence-electron chi connectivity index (χ1n) is 7.33. The summed E-state index contributed by atoms with van der Waals surface area (Å²) in [6.07, 6.45) is -5.11. The number of alkyl halides is 3. The van der Waals surface area contributed by atoms with Crippen LogP contribution >= 0.6 is 0 Å². The number of rotatable bonds is 4. The average molecular weight is 370 g/mol. The second-order valence-corrected chi connectivity index (χ2v) is 5.34. The monoisotopic (exact) mass is 370 g/mol. The molecule has 2 rings (SSSR count). The van der Waals surface area contributed by atoms with E-state index in [9.17, 15) is 32.3 Å². The van der Waals surface area contributed by atoms with Gasteiger partial charge in [0, 0.05) is 0 Å². The molecule has 26 heavy (non-hydrogen) atoms. The van der Waals surface area contributed by atoms with Crippen LogP contribution in [0.2, 0.25) is 0 Å². The van der Waals surface area contributed by atoms with Gasteiger partial charge in [0.1, 0.15) is 5.82 Å². The minimum absolute atomic E-state index is 0.304. The van der Waals surface area contributed by atoms with Crippen LogP contribution in [0.25, 0.3) is 0 Å². The van der Waals surface area contributed by atoms with Gasteiger partial charge in [-0.2, -0.15) is 13.2 Å². The predicted octanol–water partition coefficient (Wildman–Crippen LogP) is 2.33. The highest BCUT2D eigenvalue weighted by atomic mass is 19.4. The molecule has 0 radical (unpaired) electrons. The number of para-hydroxylation sites is 1. The van der Waals surface area contributed by atoms with Crippen LogP contribution in [-0.4, -0.2) is 29.6 Å². The minimum atomic E-state index is -5.11. The van der Waals surface area contributed by atoms with Crippen LogP contribution in [0.4, 0.5) is 23.2 Å². The van der Waals surface area contributed by atoms with Gasteiger partial charge in [0.25, 0.3) is 0 Å². The SMILES string of the molecule is O=C(NCC(O)(c1ccccc1)C(F)(F)F)C(=O)Nc1ccccc1F. The standard InChI is InChI=1S/C17H14F4N2O3/c18-12-8-4-5-9-13(12)23-15(25)14(24)22-10-16(26,17(19,20)21)11-6-2-1-3-7-11/h1-9,26H,10H2,(H,22,24)(H,23,25). The van der Waals surface area contributed by atoms with Gasteiger partial charge in [-0.15, -0.1) is 0 Å². The Labute approximate surface area is 145 Å². The quantitative estimate of drug-likeness (QED) is 0.571. The molecule has 0 bridgehead atoms. The zero-order valence-corrected chi connectivity index (χ0v) is 13.2. The molecule has 2 aromatic rings. The fourth-order valence-electron chi connectivity index (χ4n) is 2.11. The van der Waals surface area contributed by atoms with Crippen molar-refractivity contribution >= 4 is 17.5 Å². The minimum Gasteiger partial charge on any atom is -0.375 e. The molecule has 0 aromatic heterocycles. The molecule has 138 valence electrons. The Hall–Kier alpha value is -2.94. The summed E-state index contributed by atoms with van der Waals surface area (Å²) in [7, 11) is 0. The lowest BCUT2D eigenvalue weighted by atomic mass is 9.93. The Morgan fingerprint density at radius 2 is 1.50 bits per heavy atom. The molecule has 9 heteroatoms. The van der Waals surface area contributed by atoms with Crippen LogP contribution in [0.3, 0.4) is 0 Å². The molecule has 0 fully saturated rings. The summed E-state index contributed by atoms with van der Waals surface area (Å²) < 4.78 is 53.3. The number of anilines is 1. The molecule has 0 aliphatic carbocycles. The molecule has 1 unspecified atom stereocenters. The van der Waals surface area contributed by atoms with Gasteiger partial charge in [0.15, 0.2) is 0 Å². The van der Waals surface area contributed by atoms with Gasteiger partial charge in [-0.05, 0) is 17.7 Å². The summed E-state index contributed by atoms with van der Waals surface area (Å²) in [6, 6.07) is 11.1. The number of hydrogen-bond acceptors (Lipinski definition) is 3. The highest BCUT2D eigenvalue weighted by molar-refractivity contribution is 6.39. The van der Waals surface area contributed by atoms with Gasteiger partial charge in [0.05, 0.1) is 12.2 Å². The molecule has 2 amide bonds. The third kappa shape index (κ3) is 4.17. The van der Waals surface area contributed by atoms with E-state index in [1.807, 2.05) is 5.32 Å². The summed E-state index contributed by atoms with van der Waals surface area (Å²) in [4.78, 5) is 23.5. The van der Waals surface area contributed by atoms with Crippen LogP contribution in [-0.2, 0) is 15.2 Å². The summed E-state index contributed by atoms with van der Waals surface area (Å²) in [5.41, 5.74) is -4.19. The highest BCUT2D eigenvalue weighted by Crippen LogP contribution is 2.38. The second-order valence-electron chi connectivity index (χ2n) is 5.34. The molecule has 0 aliphatic rings. The maximum absolute atomic E-state index is 13.4. The van der Waals surface area contributed by atoms with Gasteiger partial charge < -0.3 is 15.7 Å². The lowest BCUT2D eigenvalue weighted by Crippen LogP contribution is -2.52. The van der Waals surface area contributed by atoms with Crippen LogP contribution in [0.5, 0.6) is 0 Å². The number of halogens is 4. The number of benzene rings is 2. The van der Waals surface area contributed by atoms with E-state index in [2.05, 4.69) is 0 Å². The molecule has 0 spiro atoms. The number of hydrogen-bond donors (Lipinski definition) is 3. The van der Waals surface area contributed by atoms with E-state index in [0.717, 1.165) is 18.2 Å². The Morgan fingerprint density at radius 1 is 0.923 bits per heavy atom. The Balaban J connectivity index is 2.10. The van der Waals surface area contributed by atoms with E-state index in [-0.39, 0.29) is 5.69 Å². The molecule has 3 N–H and O–H groups in total. The van der Waals surface area contributed by atoms with Crippen molar-refractivity contribution in [2.75, 3.05) is 11.9 Å². The summed E-state index contributed by atoms with van der Waals surface area (Å²) >= 11 is 0. The van der Waals surface area contributed by atoms with Crippen molar-refractivity contribution in [2.45, 2.75) is 11.8 Å². The lowest BCUT2D eigenvalue weighted by molar-refractivity contribution is -0.264. The highest BCUT2D eigenvalue weighted by Gasteiger charge is 2.55. The number of amides is 2. The predicted molar refractivity (Wildman–Crippen MR) is 84.4 cm³/mol. The molecule has 2 aromatic carbocycles. The maximum Gasteiger partial charge on any atom is 0.423 e. The average Bonchev–Trinajstić information content (AvgIpc) is 2.61. The van der Waals surface area contributed by atoms with Gasteiger partial charge >= 0.3 is 18.0 Å². The van der Waals surface area contributed by atoms with Crippen LogP contribution in [0, 0.1) is 5.82 Å². The molecule has 1 atom stereocenters. The second kappa shape index (κ2) is 7.52. The van der Waals surface area contributed by atoms with E-state index in [1.165, 1.54) is 36.4 Å². The molecule has 0 saturated carbocycles. The summed E-state index contributed by atoms with van der Waals surface area (Å²) in [5.74, 6) is -3.63. The largest absolute Gasteiger partial charge is 0.423 e. The van der Waals surface area contributed by atoms with Crippen molar-refractivity contribution in [3.63, 3.8) is 0 Å².